The molecular weight excluding hydrogens is 558 g/mol. The third-order valence-electron chi connectivity index (χ3n) is 7.36. The summed E-state index contributed by atoms with van der Waals surface area (Å²) < 4.78 is 29.6. The van der Waals surface area contributed by atoms with E-state index in [2.05, 4.69) is 41.4 Å². The lowest BCUT2D eigenvalue weighted by atomic mass is 9.95. The van der Waals surface area contributed by atoms with Crippen LogP contribution in [0, 0.1) is 11.6 Å². The molecule has 1 amide bonds. The molecule has 2 aliphatic heterocycles. The Kier molecular flexibility index (Phi) is 7.24. The van der Waals surface area contributed by atoms with Crippen LogP contribution in [0.4, 0.5) is 20.4 Å². The molecule has 0 radical (unpaired) electrons. The molecule has 0 saturated carbocycles. The number of benzene rings is 3. The third kappa shape index (κ3) is 5.49. The minimum atomic E-state index is -0.712. The number of carbonyl (C=O) groups is 1. The van der Waals surface area contributed by atoms with E-state index in [-0.39, 0.29) is 35.3 Å². The van der Waals surface area contributed by atoms with Gasteiger partial charge in [-0.1, -0.05) is 23.7 Å². The average molecular weight is 587 g/mol. The summed E-state index contributed by atoms with van der Waals surface area (Å²) >= 11 is 6.32. The van der Waals surface area contributed by atoms with Gasteiger partial charge in [-0.05, 0) is 69.3 Å². The number of aromatic nitrogens is 2. The van der Waals surface area contributed by atoms with E-state index >= 15 is 0 Å². The first-order valence-electron chi connectivity index (χ1n) is 13.7. The molecule has 1 fully saturated rings. The Morgan fingerprint density at radius 1 is 1.07 bits per heavy atom. The fraction of sp³-hybridized carbons (Fsp3) is 0.250. The molecule has 1 aromatic heterocycles. The highest BCUT2D eigenvalue weighted by Crippen LogP contribution is 2.35. The van der Waals surface area contributed by atoms with Gasteiger partial charge in [0, 0.05) is 63.8 Å². The Morgan fingerprint density at radius 2 is 1.81 bits per heavy atom. The number of anilines is 2. The second-order valence-corrected chi connectivity index (χ2v) is 11.8. The van der Waals surface area contributed by atoms with Crippen molar-refractivity contribution in [3.05, 3.63) is 106 Å². The third-order valence-corrected chi connectivity index (χ3v) is 7.59. The number of nitrogens with one attached hydrogen (secondary N) is 2. The van der Waals surface area contributed by atoms with Gasteiger partial charge in [0.05, 0.1) is 23.5 Å². The molecule has 3 heterocycles. The smallest absolute Gasteiger partial charge is 0.253 e. The van der Waals surface area contributed by atoms with Gasteiger partial charge in [-0.25, -0.2) is 18.7 Å². The molecule has 1 unspecified atom stereocenters. The standard InChI is InChI=1S/C32H29ClF2N6O/c1-18-16-41(17-32(2,3)40-18)30(42)19-7-10-22(11-8-19)38-31-37-15-20-14-36-29(27-25(34)5-4-6-26(27)35)24-13-21(33)9-12-23(24)28(20)39-31/h4-13,15,18,40H,14,16-17H2,1-3H3,(H,37,38,39). The Balaban J connectivity index is 1.28. The Hall–Kier alpha value is -4.21. The number of halogens is 3. The maximum Gasteiger partial charge on any atom is 0.253 e. The van der Waals surface area contributed by atoms with Crippen LogP contribution in [0.2, 0.25) is 5.02 Å². The summed E-state index contributed by atoms with van der Waals surface area (Å²) in [5.74, 6) is -1.11. The van der Waals surface area contributed by atoms with E-state index < -0.39 is 11.6 Å². The van der Waals surface area contributed by atoms with Crippen LogP contribution in [0.15, 0.2) is 71.9 Å². The monoisotopic (exact) mass is 586 g/mol. The summed E-state index contributed by atoms with van der Waals surface area (Å²) in [5.41, 5.74) is 3.49. The topological polar surface area (TPSA) is 82.5 Å². The molecule has 7 nitrogen and oxygen atoms in total. The maximum absolute atomic E-state index is 14.8. The van der Waals surface area contributed by atoms with E-state index in [1.165, 1.54) is 18.2 Å². The maximum atomic E-state index is 14.8. The summed E-state index contributed by atoms with van der Waals surface area (Å²) in [6.07, 6.45) is 1.65. The van der Waals surface area contributed by atoms with Crippen molar-refractivity contribution in [2.45, 2.75) is 38.9 Å². The van der Waals surface area contributed by atoms with Crippen molar-refractivity contribution in [1.82, 2.24) is 20.2 Å². The highest BCUT2D eigenvalue weighted by atomic mass is 35.5. The molecule has 0 aliphatic carbocycles. The number of carbonyl (C=O) groups excluding carboxylic acids is 1. The van der Waals surface area contributed by atoms with Gasteiger partial charge in [-0.3, -0.25) is 9.79 Å². The zero-order valence-electron chi connectivity index (χ0n) is 23.4. The zero-order valence-corrected chi connectivity index (χ0v) is 24.1. The van der Waals surface area contributed by atoms with Gasteiger partial charge < -0.3 is 15.5 Å². The summed E-state index contributed by atoms with van der Waals surface area (Å²) in [7, 11) is 0. The molecule has 1 atom stereocenters. The second kappa shape index (κ2) is 10.9. The van der Waals surface area contributed by atoms with E-state index in [9.17, 15) is 13.6 Å². The van der Waals surface area contributed by atoms with Crippen molar-refractivity contribution in [3.8, 4) is 11.3 Å². The fourth-order valence-electron chi connectivity index (χ4n) is 5.72. The summed E-state index contributed by atoms with van der Waals surface area (Å²) in [4.78, 5) is 28.9. The molecule has 214 valence electrons. The summed E-state index contributed by atoms with van der Waals surface area (Å²) in [6, 6.07) is 16.2. The SMILES string of the molecule is CC1CN(C(=O)c2ccc(Nc3ncc4c(n3)-c3ccc(Cl)cc3C(c3c(F)cccc3F)=NC4)cc2)CC(C)(C)N1. The van der Waals surface area contributed by atoms with Gasteiger partial charge in [0.25, 0.3) is 5.91 Å². The zero-order chi connectivity index (χ0) is 29.6. The quantitative estimate of drug-likeness (QED) is 0.290. The number of fused-ring (bicyclic) bond motifs is 3. The van der Waals surface area contributed by atoms with E-state index in [0.717, 1.165) is 0 Å². The number of piperazine rings is 1. The number of aliphatic imine (C=N–C) groups is 1. The molecule has 42 heavy (non-hydrogen) atoms. The predicted molar refractivity (Wildman–Crippen MR) is 160 cm³/mol. The molecule has 2 aliphatic rings. The second-order valence-electron chi connectivity index (χ2n) is 11.3. The lowest BCUT2D eigenvalue weighted by Crippen LogP contribution is -2.62. The van der Waals surface area contributed by atoms with E-state index in [1.54, 1.807) is 36.5 Å². The minimum Gasteiger partial charge on any atom is -0.335 e. The van der Waals surface area contributed by atoms with Gasteiger partial charge in [-0.2, -0.15) is 0 Å². The Morgan fingerprint density at radius 3 is 2.52 bits per heavy atom. The van der Waals surface area contributed by atoms with Crippen LogP contribution in [0.25, 0.3) is 11.3 Å². The van der Waals surface area contributed by atoms with Crippen LogP contribution in [0.5, 0.6) is 0 Å². The molecule has 1 saturated heterocycles. The molecule has 4 aromatic rings. The van der Waals surface area contributed by atoms with Crippen LogP contribution < -0.4 is 10.6 Å². The number of amides is 1. The lowest BCUT2D eigenvalue weighted by Gasteiger charge is -2.42. The summed E-state index contributed by atoms with van der Waals surface area (Å²) in [5, 5.41) is 7.12. The lowest BCUT2D eigenvalue weighted by molar-refractivity contribution is 0.0596. The van der Waals surface area contributed by atoms with E-state index in [0.29, 0.717) is 57.7 Å². The first kappa shape index (κ1) is 27.9. The first-order valence-corrected chi connectivity index (χ1v) is 14.0. The molecule has 2 N–H and O–H groups in total. The molecule has 0 bridgehead atoms. The van der Waals surface area contributed by atoms with E-state index in [1.807, 2.05) is 17.0 Å². The molecular formula is C32H29ClF2N6O. The molecule has 0 spiro atoms. The van der Waals surface area contributed by atoms with Gasteiger partial charge in [0.2, 0.25) is 5.95 Å². The average Bonchev–Trinajstić information content (AvgIpc) is 3.08. The number of rotatable bonds is 4. The fourth-order valence-corrected chi connectivity index (χ4v) is 5.89. The van der Waals surface area contributed by atoms with Gasteiger partial charge in [0.1, 0.15) is 11.6 Å². The van der Waals surface area contributed by atoms with Gasteiger partial charge in [-0.15, -0.1) is 0 Å². The van der Waals surface area contributed by atoms with Crippen LogP contribution >= 0.6 is 11.6 Å². The van der Waals surface area contributed by atoms with Crippen LogP contribution in [0.3, 0.4) is 0 Å². The van der Waals surface area contributed by atoms with Crippen molar-refractivity contribution >= 4 is 34.9 Å². The van der Waals surface area contributed by atoms with Gasteiger partial charge in [0.15, 0.2) is 0 Å². The normalized spacial score (nSPS) is 17.5. The van der Waals surface area contributed by atoms with Crippen molar-refractivity contribution in [2.75, 3.05) is 18.4 Å². The van der Waals surface area contributed by atoms with Crippen molar-refractivity contribution < 1.29 is 13.6 Å². The van der Waals surface area contributed by atoms with E-state index in [4.69, 9.17) is 16.6 Å². The van der Waals surface area contributed by atoms with Gasteiger partial charge >= 0.3 is 0 Å². The summed E-state index contributed by atoms with van der Waals surface area (Å²) in [6.45, 7) is 7.66. The number of hydrogen-bond donors (Lipinski definition) is 2. The minimum absolute atomic E-state index is 0.0124. The van der Waals surface area contributed by atoms with Crippen molar-refractivity contribution in [1.29, 1.82) is 0 Å². The Labute approximate surface area is 247 Å². The highest BCUT2D eigenvalue weighted by Gasteiger charge is 2.32. The molecule has 3 aromatic carbocycles. The largest absolute Gasteiger partial charge is 0.335 e. The Bertz CT molecular complexity index is 1700. The highest BCUT2D eigenvalue weighted by molar-refractivity contribution is 6.31. The van der Waals surface area contributed by atoms with Crippen molar-refractivity contribution in [3.63, 3.8) is 0 Å². The van der Waals surface area contributed by atoms with Crippen molar-refractivity contribution in [2.24, 2.45) is 4.99 Å². The predicted octanol–water partition coefficient (Wildman–Crippen LogP) is 6.38. The molecule has 10 heteroatoms. The molecule has 6 rings (SSSR count). The first-order chi connectivity index (χ1) is 20.1. The number of nitrogens with zero attached hydrogens (tertiary/aromatic N) is 4. The van der Waals surface area contributed by atoms with Crippen LogP contribution in [0.1, 0.15) is 47.8 Å². The van der Waals surface area contributed by atoms with Crippen LogP contribution in [-0.2, 0) is 6.54 Å². The van der Waals surface area contributed by atoms with Crippen LogP contribution in [-0.4, -0.2) is 51.2 Å². The number of hydrogen-bond acceptors (Lipinski definition) is 6.